The van der Waals surface area contributed by atoms with E-state index >= 15 is 0 Å². The van der Waals surface area contributed by atoms with Crippen molar-refractivity contribution in [3.05, 3.63) is 35.4 Å². The average Bonchev–Trinajstić information content (AvgIpc) is 3.28. The van der Waals surface area contributed by atoms with Gasteiger partial charge < -0.3 is 10.1 Å². The summed E-state index contributed by atoms with van der Waals surface area (Å²) < 4.78 is 5.80. The van der Waals surface area contributed by atoms with Crippen molar-refractivity contribution in [1.29, 1.82) is 0 Å². The van der Waals surface area contributed by atoms with Crippen molar-refractivity contribution in [1.82, 2.24) is 5.32 Å². The Morgan fingerprint density at radius 2 is 2.11 bits per heavy atom. The quantitative estimate of drug-likeness (QED) is 0.770. The molecule has 1 aliphatic rings. The fourth-order valence-corrected chi connectivity index (χ4v) is 2.76. The Hall–Kier alpha value is -0.860. The predicted octanol–water partition coefficient (Wildman–Crippen LogP) is 3.71. The number of aryl methyl sites for hydroxylation is 1. The van der Waals surface area contributed by atoms with Crippen LogP contribution >= 0.6 is 0 Å². The second-order valence-corrected chi connectivity index (χ2v) is 5.57. The monoisotopic (exact) mass is 261 g/mol. The van der Waals surface area contributed by atoms with Gasteiger partial charge in [-0.3, -0.25) is 0 Å². The highest BCUT2D eigenvalue weighted by molar-refractivity contribution is 5.27. The molecule has 1 aromatic carbocycles. The van der Waals surface area contributed by atoms with Gasteiger partial charge in [-0.1, -0.05) is 38.1 Å². The van der Waals surface area contributed by atoms with E-state index in [-0.39, 0.29) is 0 Å². The summed E-state index contributed by atoms with van der Waals surface area (Å²) in [5.74, 6) is 0.740. The molecule has 2 atom stereocenters. The van der Waals surface area contributed by atoms with E-state index in [0.29, 0.717) is 12.1 Å². The number of hydrogen-bond donors (Lipinski definition) is 1. The molecule has 1 aliphatic carbocycles. The maximum absolute atomic E-state index is 5.80. The van der Waals surface area contributed by atoms with Crippen LogP contribution in [0.15, 0.2) is 24.3 Å². The standard InChI is InChI=1S/C17H27NO/c1-4-11-18-16(17(19-3)14-9-10-14)15-8-6-7-13(5-2)12-15/h6-8,12,14,16-18H,4-5,9-11H2,1-3H3. The van der Waals surface area contributed by atoms with E-state index in [4.69, 9.17) is 4.74 Å². The zero-order valence-corrected chi connectivity index (χ0v) is 12.5. The SMILES string of the molecule is CCCNC(c1cccc(CC)c1)C(OC)C1CC1. The first-order chi connectivity index (χ1) is 9.30. The number of rotatable bonds is 8. The van der Waals surface area contributed by atoms with E-state index in [1.807, 2.05) is 7.11 Å². The number of benzene rings is 1. The minimum Gasteiger partial charge on any atom is -0.379 e. The summed E-state index contributed by atoms with van der Waals surface area (Å²) in [4.78, 5) is 0. The van der Waals surface area contributed by atoms with Crippen LogP contribution in [0.1, 0.15) is 50.3 Å². The molecule has 106 valence electrons. The molecule has 0 bridgehead atoms. The van der Waals surface area contributed by atoms with Gasteiger partial charge in [0.1, 0.15) is 0 Å². The van der Waals surface area contributed by atoms with E-state index in [1.54, 1.807) is 0 Å². The van der Waals surface area contributed by atoms with Crippen LogP contribution in [0.2, 0.25) is 0 Å². The van der Waals surface area contributed by atoms with Crippen LogP contribution in [0.4, 0.5) is 0 Å². The summed E-state index contributed by atoms with van der Waals surface area (Å²) >= 11 is 0. The zero-order chi connectivity index (χ0) is 13.7. The van der Waals surface area contributed by atoms with Gasteiger partial charge in [-0.15, -0.1) is 0 Å². The molecular weight excluding hydrogens is 234 g/mol. The molecule has 2 nitrogen and oxygen atoms in total. The van der Waals surface area contributed by atoms with Gasteiger partial charge in [-0.2, -0.15) is 0 Å². The van der Waals surface area contributed by atoms with Crippen LogP contribution in [0.3, 0.4) is 0 Å². The Labute approximate surface area is 117 Å². The summed E-state index contributed by atoms with van der Waals surface area (Å²) in [6.45, 7) is 5.47. The van der Waals surface area contributed by atoms with Crippen LogP contribution in [0, 0.1) is 5.92 Å². The van der Waals surface area contributed by atoms with Crippen molar-refractivity contribution in [2.24, 2.45) is 5.92 Å². The van der Waals surface area contributed by atoms with Crippen molar-refractivity contribution in [3.63, 3.8) is 0 Å². The average molecular weight is 261 g/mol. The predicted molar refractivity (Wildman–Crippen MR) is 80.4 cm³/mol. The molecule has 0 amide bonds. The van der Waals surface area contributed by atoms with Crippen molar-refractivity contribution in [3.8, 4) is 0 Å². The Morgan fingerprint density at radius 1 is 1.32 bits per heavy atom. The maximum Gasteiger partial charge on any atom is 0.0794 e. The second-order valence-electron chi connectivity index (χ2n) is 5.57. The van der Waals surface area contributed by atoms with E-state index in [2.05, 4.69) is 43.4 Å². The topological polar surface area (TPSA) is 21.3 Å². The molecule has 1 fully saturated rings. The molecule has 19 heavy (non-hydrogen) atoms. The Bertz CT molecular complexity index is 387. The maximum atomic E-state index is 5.80. The first-order valence-corrected chi connectivity index (χ1v) is 7.65. The highest BCUT2D eigenvalue weighted by Gasteiger charge is 2.37. The van der Waals surface area contributed by atoms with Crippen LogP contribution in [-0.4, -0.2) is 19.8 Å². The summed E-state index contributed by atoms with van der Waals surface area (Å²) in [5, 5.41) is 3.68. The van der Waals surface area contributed by atoms with Crippen molar-refractivity contribution < 1.29 is 4.74 Å². The molecule has 0 radical (unpaired) electrons. The number of ether oxygens (including phenoxy) is 1. The largest absolute Gasteiger partial charge is 0.379 e. The molecule has 2 heteroatoms. The lowest BCUT2D eigenvalue weighted by atomic mass is 9.95. The van der Waals surface area contributed by atoms with Gasteiger partial charge in [0.2, 0.25) is 0 Å². The molecule has 2 unspecified atom stereocenters. The summed E-state index contributed by atoms with van der Waals surface area (Å²) in [6.07, 6.45) is 5.20. The lowest BCUT2D eigenvalue weighted by Gasteiger charge is -2.28. The molecule has 2 rings (SSSR count). The highest BCUT2D eigenvalue weighted by atomic mass is 16.5. The molecule has 1 N–H and O–H groups in total. The zero-order valence-electron chi connectivity index (χ0n) is 12.5. The third kappa shape index (κ3) is 3.80. The lowest BCUT2D eigenvalue weighted by Crippen LogP contribution is -2.35. The van der Waals surface area contributed by atoms with Crippen LogP contribution in [0.5, 0.6) is 0 Å². The highest BCUT2D eigenvalue weighted by Crippen LogP contribution is 2.39. The number of methoxy groups -OCH3 is 1. The normalized spacial score (nSPS) is 18.3. The van der Waals surface area contributed by atoms with Gasteiger partial charge in [0.05, 0.1) is 12.1 Å². The van der Waals surface area contributed by atoms with Crippen molar-refractivity contribution in [2.75, 3.05) is 13.7 Å². The molecule has 0 aliphatic heterocycles. The van der Waals surface area contributed by atoms with Crippen molar-refractivity contribution >= 4 is 0 Å². The van der Waals surface area contributed by atoms with Crippen LogP contribution < -0.4 is 5.32 Å². The number of hydrogen-bond acceptors (Lipinski definition) is 2. The second kappa shape index (κ2) is 7.06. The lowest BCUT2D eigenvalue weighted by molar-refractivity contribution is 0.0507. The van der Waals surface area contributed by atoms with E-state index in [1.165, 1.54) is 24.0 Å². The van der Waals surface area contributed by atoms with Crippen LogP contribution in [0.25, 0.3) is 0 Å². The minimum absolute atomic E-state index is 0.318. The van der Waals surface area contributed by atoms with E-state index < -0.39 is 0 Å². The van der Waals surface area contributed by atoms with Gasteiger partial charge in [0, 0.05) is 7.11 Å². The summed E-state index contributed by atoms with van der Waals surface area (Å²) in [7, 11) is 1.85. The van der Waals surface area contributed by atoms with Gasteiger partial charge >= 0.3 is 0 Å². The molecule has 0 spiro atoms. The third-order valence-electron chi connectivity index (χ3n) is 4.02. The summed E-state index contributed by atoms with van der Waals surface area (Å²) in [6, 6.07) is 9.29. The van der Waals surface area contributed by atoms with Gasteiger partial charge in [-0.25, -0.2) is 0 Å². The van der Waals surface area contributed by atoms with Gasteiger partial charge in [0.15, 0.2) is 0 Å². The molecule has 1 saturated carbocycles. The van der Waals surface area contributed by atoms with Crippen LogP contribution in [-0.2, 0) is 11.2 Å². The third-order valence-corrected chi connectivity index (χ3v) is 4.02. The number of nitrogens with one attached hydrogen (secondary N) is 1. The fraction of sp³-hybridized carbons (Fsp3) is 0.647. The molecule has 0 heterocycles. The molecule has 0 saturated heterocycles. The first kappa shape index (κ1) is 14.5. The van der Waals surface area contributed by atoms with Crippen molar-refractivity contribution in [2.45, 2.75) is 51.7 Å². The van der Waals surface area contributed by atoms with Gasteiger partial charge in [-0.05, 0) is 49.3 Å². The van der Waals surface area contributed by atoms with E-state index in [9.17, 15) is 0 Å². The Balaban J connectivity index is 2.19. The minimum atomic E-state index is 0.318. The molecule has 1 aromatic rings. The van der Waals surface area contributed by atoms with Gasteiger partial charge in [0.25, 0.3) is 0 Å². The first-order valence-electron chi connectivity index (χ1n) is 7.65. The molecule has 0 aromatic heterocycles. The smallest absolute Gasteiger partial charge is 0.0794 e. The van der Waals surface area contributed by atoms with E-state index in [0.717, 1.165) is 25.3 Å². The molecular formula is C17H27NO. The Morgan fingerprint density at radius 3 is 2.68 bits per heavy atom. The fourth-order valence-electron chi connectivity index (χ4n) is 2.76. The summed E-state index contributed by atoms with van der Waals surface area (Å²) in [5.41, 5.74) is 2.79. The Kier molecular flexibility index (Phi) is 5.41.